The quantitative estimate of drug-likeness (QED) is 0.569. The number of carbonyl (C=O) groups excluding carboxylic acids is 1. The smallest absolute Gasteiger partial charge is 0.255 e. The van der Waals surface area contributed by atoms with E-state index in [4.69, 9.17) is 4.74 Å². The molecule has 2 aromatic rings. The molecule has 3 saturated heterocycles. The topological polar surface area (TPSA) is 38.3 Å². The molecule has 4 heteroatoms. The Balaban J connectivity index is 1.19. The van der Waals surface area contributed by atoms with Crippen LogP contribution in [0.4, 0.5) is 0 Å². The van der Waals surface area contributed by atoms with Gasteiger partial charge in [-0.2, -0.15) is 0 Å². The lowest BCUT2D eigenvalue weighted by atomic mass is 9.79. The van der Waals surface area contributed by atoms with Crippen molar-refractivity contribution >= 4 is 5.91 Å². The highest BCUT2D eigenvalue weighted by atomic mass is 16.5. The zero-order valence-corrected chi connectivity index (χ0v) is 19.0. The van der Waals surface area contributed by atoms with Crippen molar-refractivity contribution in [3.05, 3.63) is 59.2 Å². The molecule has 1 aliphatic carbocycles. The highest BCUT2D eigenvalue weighted by Gasteiger charge is 2.47. The minimum Gasteiger partial charge on any atom is -0.456 e. The van der Waals surface area contributed by atoms with Gasteiger partial charge < -0.3 is 14.5 Å². The largest absolute Gasteiger partial charge is 0.456 e. The maximum Gasteiger partial charge on any atom is 0.255 e. The van der Waals surface area contributed by atoms with Gasteiger partial charge in [0.15, 0.2) is 0 Å². The van der Waals surface area contributed by atoms with E-state index in [9.17, 15) is 4.79 Å². The number of hydrogen-bond acceptors (Lipinski definition) is 2. The Hall–Kier alpha value is -2.33. The third kappa shape index (κ3) is 3.73. The molecule has 2 aromatic carbocycles. The summed E-state index contributed by atoms with van der Waals surface area (Å²) >= 11 is 0. The number of benzene rings is 2. The van der Waals surface area contributed by atoms with Crippen LogP contribution in [0.5, 0.6) is 11.5 Å². The number of amides is 1. The molecular formula is C28H35N2O2+. The lowest BCUT2D eigenvalue weighted by Gasteiger charge is -2.54. The van der Waals surface area contributed by atoms with E-state index < -0.39 is 0 Å². The van der Waals surface area contributed by atoms with Crippen LogP contribution in [0.3, 0.4) is 0 Å². The van der Waals surface area contributed by atoms with Gasteiger partial charge in [-0.05, 0) is 36.5 Å². The van der Waals surface area contributed by atoms with Crippen molar-refractivity contribution in [3.8, 4) is 11.5 Å². The molecule has 168 valence electrons. The van der Waals surface area contributed by atoms with Gasteiger partial charge >= 0.3 is 0 Å². The summed E-state index contributed by atoms with van der Waals surface area (Å²) in [5.41, 5.74) is 2.97. The number of fused-ring (bicyclic) bond motifs is 5. The second kappa shape index (κ2) is 8.22. The van der Waals surface area contributed by atoms with E-state index in [-0.39, 0.29) is 5.91 Å². The Morgan fingerprint density at radius 3 is 2.56 bits per heavy atom. The first-order valence-electron chi connectivity index (χ1n) is 12.7. The summed E-state index contributed by atoms with van der Waals surface area (Å²) in [6, 6.07) is 14.4. The van der Waals surface area contributed by atoms with Crippen LogP contribution in [0, 0.1) is 11.8 Å². The van der Waals surface area contributed by atoms with E-state index in [1.807, 2.05) is 30.3 Å². The number of rotatable bonds is 4. The number of piperidine rings is 3. The second-order valence-corrected chi connectivity index (χ2v) is 10.8. The molecule has 0 spiro atoms. The summed E-state index contributed by atoms with van der Waals surface area (Å²) in [7, 11) is 0. The van der Waals surface area contributed by atoms with Crippen LogP contribution in [-0.2, 0) is 6.42 Å². The van der Waals surface area contributed by atoms with E-state index in [0.29, 0.717) is 17.5 Å². The maximum absolute atomic E-state index is 13.5. The van der Waals surface area contributed by atoms with Gasteiger partial charge in [0.05, 0.1) is 37.8 Å². The van der Waals surface area contributed by atoms with Crippen molar-refractivity contribution in [1.82, 2.24) is 5.32 Å². The van der Waals surface area contributed by atoms with E-state index in [1.165, 1.54) is 74.6 Å². The molecule has 4 fully saturated rings. The average Bonchev–Trinajstić information content (AvgIpc) is 2.83. The first-order chi connectivity index (χ1) is 15.7. The number of quaternary nitrogens is 1. The van der Waals surface area contributed by atoms with Crippen LogP contribution in [-0.4, -0.2) is 42.6 Å². The maximum atomic E-state index is 13.5. The third-order valence-electron chi connectivity index (χ3n) is 8.69. The molecule has 4 aliphatic heterocycles. The van der Waals surface area contributed by atoms with E-state index in [2.05, 4.69) is 17.4 Å². The lowest BCUT2D eigenvalue weighted by Crippen LogP contribution is -2.68. The molecule has 2 bridgehead atoms. The summed E-state index contributed by atoms with van der Waals surface area (Å²) in [5.74, 6) is 3.18. The monoisotopic (exact) mass is 431 g/mol. The summed E-state index contributed by atoms with van der Waals surface area (Å²) in [5, 5.41) is 3.47. The van der Waals surface area contributed by atoms with Crippen molar-refractivity contribution < 1.29 is 14.0 Å². The SMILES string of the molecule is O=C(N[C@@H]1C[N+]2(CC3CCCCC3)CCC1CC2)c1cccc2c1Oc1ccccc1C2. The zero-order valence-electron chi connectivity index (χ0n) is 19.0. The summed E-state index contributed by atoms with van der Waals surface area (Å²) < 4.78 is 7.48. The first kappa shape index (κ1) is 20.3. The second-order valence-electron chi connectivity index (χ2n) is 10.8. The molecule has 32 heavy (non-hydrogen) atoms. The number of nitrogens with zero attached hydrogens (tertiary/aromatic N) is 1. The van der Waals surface area contributed by atoms with Gasteiger partial charge in [0.2, 0.25) is 0 Å². The lowest BCUT2D eigenvalue weighted by molar-refractivity contribution is -0.946. The fourth-order valence-electron chi connectivity index (χ4n) is 6.96. The highest BCUT2D eigenvalue weighted by Crippen LogP contribution is 2.40. The van der Waals surface area contributed by atoms with Crippen molar-refractivity contribution in [2.45, 2.75) is 57.4 Å². The minimum atomic E-state index is 0.0378. The van der Waals surface area contributed by atoms with Crippen molar-refractivity contribution in [3.63, 3.8) is 0 Å². The van der Waals surface area contributed by atoms with E-state index >= 15 is 0 Å². The van der Waals surface area contributed by atoms with Crippen molar-refractivity contribution in [1.29, 1.82) is 0 Å². The van der Waals surface area contributed by atoms with Gasteiger partial charge in [-0.3, -0.25) is 4.79 Å². The van der Waals surface area contributed by atoms with Crippen molar-refractivity contribution in [2.75, 3.05) is 26.2 Å². The molecule has 0 unspecified atom stereocenters. The predicted molar refractivity (Wildman–Crippen MR) is 126 cm³/mol. The summed E-state index contributed by atoms with van der Waals surface area (Å²) in [4.78, 5) is 13.5. The Morgan fingerprint density at radius 2 is 1.72 bits per heavy atom. The number of hydrogen-bond donors (Lipinski definition) is 1. The summed E-state index contributed by atoms with van der Waals surface area (Å²) in [6.07, 6.45) is 10.4. The molecule has 4 heterocycles. The summed E-state index contributed by atoms with van der Waals surface area (Å²) in [6.45, 7) is 5.08. The normalized spacial score (nSPS) is 29.0. The molecule has 7 rings (SSSR count). The molecule has 1 atom stereocenters. The molecule has 0 aromatic heterocycles. The number of carbonyl (C=O) groups is 1. The van der Waals surface area contributed by atoms with Gasteiger partial charge in [-0.25, -0.2) is 0 Å². The van der Waals surface area contributed by atoms with Crippen LogP contribution in [0.25, 0.3) is 0 Å². The van der Waals surface area contributed by atoms with Gasteiger partial charge in [0, 0.05) is 30.7 Å². The van der Waals surface area contributed by atoms with Crippen LogP contribution in [0.15, 0.2) is 42.5 Å². The molecule has 1 N–H and O–H groups in total. The van der Waals surface area contributed by atoms with Crippen LogP contribution in [0.2, 0.25) is 0 Å². The number of nitrogens with one attached hydrogen (secondary N) is 1. The Labute approximate surface area is 191 Å². The van der Waals surface area contributed by atoms with Gasteiger partial charge in [-0.15, -0.1) is 0 Å². The molecule has 1 saturated carbocycles. The average molecular weight is 432 g/mol. The molecule has 1 amide bonds. The zero-order chi connectivity index (χ0) is 21.5. The third-order valence-corrected chi connectivity index (χ3v) is 8.69. The van der Waals surface area contributed by atoms with E-state index in [1.54, 1.807) is 0 Å². The fourth-order valence-corrected chi connectivity index (χ4v) is 6.96. The highest BCUT2D eigenvalue weighted by molar-refractivity contribution is 5.98. The van der Waals surface area contributed by atoms with Crippen LogP contribution >= 0.6 is 0 Å². The molecule has 0 radical (unpaired) electrons. The number of para-hydroxylation sites is 2. The van der Waals surface area contributed by atoms with E-state index in [0.717, 1.165) is 35.9 Å². The first-order valence-corrected chi connectivity index (χ1v) is 12.7. The van der Waals surface area contributed by atoms with Gasteiger partial charge in [0.25, 0.3) is 5.91 Å². The predicted octanol–water partition coefficient (Wildman–Crippen LogP) is 5.30. The van der Waals surface area contributed by atoms with Crippen LogP contribution < -0.4 is 10.1 Å². The Bertz CT molecular complexity index is 1000. The Morgan fingerprint density at radius 1 is 0.938 bits per heavy atom. The van der Waals surface area contributed by atoms with Crippen LogP contribution in [0.1, 0.15) is 66.4 Å². The minimum absolute atomic E-state index is 0.0378. The fraction of sp³-hybridized carbons (Fsp3) is 0.536. The van der Waals surface area contributed by atoms with Gasteiger partial charge in [-0.1, -0.05) is 49.6 Å². The van der Waals surface area contributed by atoms with Crippen molar-refractivity contribution in [2.24, 2.45) is 11.8 Å². The number of ether oxygens (including phenoxy) is 1. The standard InChI is InChI=1S/C28H34N2O2/c31-28(24-11-6-10-23-17-22-9-4-5-12-26(22)32-27(23)24)29-25-19-30(15-13-21(25)14-16-30)18-20-7-2-1-3-8-20/h4-6,9-12,20-21,25H,1-3,7-8,13-19H2/p+1/t21?,25-,30?/m1/s1. The molecular weight excluding hydrogens is 396 g/mol. The van der Waals surface area contributed by atoms with Gasteiger partial charge in [0.1, 0.15) is 11.5 Å². The molecule has 4 nitrogen and oxygen atoms in total. The Kier molecular flexibility index (Phi) is 5.21. The molecule has 5 aliphatic rings.